The molecule has 0 nitrogen and oxygen atoms in total. The monoisotopic (exact) mass is 166 g/mol. The minimum atomic E-state index is 1.21. The van der Waals surface area contributed by atoms with Crippen LogP contribution < -0.4 is 0 Å². The van der Waals surface area contributed by atoms with E-state index in [1.54, 1.807) is 0 Å². The zero-order valence-corrected chi connectivity index (χ0v) is 8.60. The summed E-state index contributed by atoms with van der Waals surface area (Å²) < 4.78 is 0. The molecule has 12 heavy (non-hydrogen) atoms. The van der Waals surface area contributed by atoms with E-state index in [0.717, 1.165) is 0 Å². The lowest BCUT2D eigenvalue weighted by Gasteiger charge is -1.98. The zero-order chi connectivity index (χ0) is 9.23. The third kappa shape index (κ3) is 9.48. The van der Waals surface area contributed by atoms with Crippen LogP contribution in [0.4, 0.5) is 0 Å². The molecule has 0 spiro atoms. The molecule has 0 rings (SSSR count). The Labute approximate surface area is 77.4 Å². The maximum atomic E-state index is 3.89. The minimum Gasteiger partial charge on any atom is -0.100 e. The van der Waals surface area contributed by atoms with E-state index in [4.69, 9.17) is 0 Å². The van der Waals surface area contributed by atoms with Crippen LogP contribution in [0.25, 0.3) is 0 Å². The Hall–Kier alpha value is -0.520. The van der Waals surface area contributed by atoms with E-state index in [0.29, 0.717) is 0 Å². The van der Waals surface area contributed by atoms with Crippen LogP contribution in [0.3, 0.4) is 0 Å². The molecule has 0 heterocycles. The van der Waals surface area contributed by atoms with Gasteiger partial charge in [0, 0.05) is 0 Å². The van der Waals surface area contributed by atoms with Crippen molar-refractivity contribution in [3.05, 3.63) is 24.3 Å². The second kappa shape index (κ2) is 8.58. The molecule has 0 heteroatoms. The van der Waals surface area contributed by atoms with Gasteiger partial charge in [-0.25, -0.2) is 0 Å². The van der Waals surface area contributed by atoms with Gasteiger partial charge in [0.15, 0.2) is 0 Å². The van der Waals surface area contributed by atoms with E-state index in [1.807, 2.05) is 0 Å². The van der Waals surface area contributed by atoms with Crippen LogP contribution in [-0.4, -0.2) is 0 Å². The van der Waals surface area contributed by atoms with Crippen LogP contribution >= 0.6 is 0 Å². The maximum Gasteiger partial charge on any atom is -0.0326 e. The lowest BCUT2D eigenvalue weighted by molar-refractivity contribution is 0.644. The summed E-state index contributed by atoms with van der Waals surface area (Å²) in [5, 5.41) is 0. The third-order valence-electron chi connectivity index (χ3n) is 1.96. The van der Waals surface area contributed by atoms with Gasteiger partial charge in [-0.3, -0.25) is 0 Å². The van der Waals surface area contributed by atoms with Crippen molar-refractivity contribution in [3.8, 4) is 0 Å². The van der Waals surface area contributed by atoms with Crippen molar-refractivity contribution in [1.29, 1.82) is 0 Å². The Bertz CT molecular complexity index is 131. The summed E-state index contributed by atoms with van der Waals surface area (Å²) in [7, 11) is 0. The van der Waals surface area contributed by atoms with Gasteiger partial charge in [-0.1, -0.05) is 30.6 Å². The van der Waals surface area contributed by atoms with Gasteiger partial charge >= 0.3 is 0 Å². The average molecular weight is 166 g/mol. The van der Waals surface area contributed by atoms with Crippen LogP contribution in [-0.2, 0) is 0 Å². The van der Waals surface area contributed by atoms with Gasteiger partial charge < -0.3 is 0 Å². The molecule has 0 saturated carbocycles. The highest BCUT2D eigenvalue weighted by Crippen LogP contribution is 2.09. The molecule has 0 aliphatic rings. The summed E-state index contributed by atoms with van der Waals surface area (Å²) in [5.74, 6) is 0. The molecule has 0 aromatic heterocycles. The molecule has 0 unspecified atom stereocenters. The van der Waals surface area contributed by atoms with Gasteiger partial charge in [-0.2, -0.15) is 0 Å². The predicted octanol–water partition coefficient (Wildman–Crippen LogP) is 4.48. The summed E-state index contributed by atoms with van der Waals surface area (Å²) in [6.45, 7) is 8.09. The largest absolute Gasteiger partial charge is 0.100 e. The molecule has 0 bridgehead atoms. The third-order valence-corrected chi connectivity index (χ3v) is 1.96. The fourth-order valence-electron chi connectivity index (χ4n) is 1.21. The van der Waals surface area contributed by atoms with Gasteiger partial charge in [0.05, 0.1) is 0 Å². The predicted molar refractivity (Wildman–Crippen MR) is 57.3 cm³/mol. The van der Waals surface area contributed by atoms with E-state index in [1.165, 1.54) is 44.1 Å². The molecule has 0 aliphatic heterocycles. The Morgan fingerprint density at radius 3 is 2.42 bits per heavy atom. The van der Waals surface area contributed by atoms with E-state index in [-0.39, 0.29) is 0 Å². The van der Waals surface area contributed by atoms with Crippen LogP contribution in [0.15, 0.2) is 24.3 Å². The number of rotatable bonds is 7. The number of hydrogen-bond acceptors (Lipinski definition) is 0. The quantitative estimate of drug-likeness (QED) is 0.386. The number of allylic oxidation sites excluding steroid dienone is 3. The topological polar surface area (TPSA) is 0 Å². The first-order valence-corrected chi connectivity index (χ1v) is 5.03. The van der Waals surface area contributed by atoms with Gasteiger partial charge in [0.25, 0.3) is 0 Å². The lowest BCUT2D eigenvalue weighted by atomic mass is 10.1. The number of unbranched alkanes of at least 4 members (excludes halogenated alkanes) is 4. The molecular formula is C12H22. The Morgan fingerprint density at radius 1 is 1.17 bits per heavy atom. The zero-order valence-electron chi connectivity index (χ0n) is 8.60. The van der Waals surface area contributed by atoms with Crippen molar-refractivity contribution in [3.63, 3.8) is 0 Å². The molecular weight excluding hydrogens is 144 g/mol. The summed E-state index contributed by atoms with van der Waals surface area (Å²) in [4.78, 5) is 0. The summed E-state index contributed by atoms with van der Waals surface area (Å²) in [6, 6.07) is 0. The van der Waals surface area contributed by atoms with E-state index < -0.39 is 0 Å². The van der Waals surface area contributed by atoms with Gasteiger partial charge in [0.1, 0.15) is 0 Å². The molecule has 0 saturated heterocycles. The normalized spacial score (nSPS) is 10.8. The van der Waals surface area contributed by atoms with Crippen molar-refractivity contribution in [2.45, 2.75) is 52.4 Å². The number of hydrogen-bond donors (Lipinski definition) is 0. The molecule has 0 aromatic rings. The van der Waals surface area contributed by atoms with Crippen LogP contribution in [0, 0.1) is 0 Å². The highest BCUT2D eigenvalue weighted by Gasteiger charge is 1.89. The van der Waals surface area contributed by atoms with Crippen LogP contribution in [0.2, 0.25) is 0 Å². The van der Waals surface area contributed by atoms with Gasteiger partial charge in [-0.05, 0) is 39.5 Å². The molecule has 70 valence electrons. The molecule has 0 fully saturated rings. The smallest absolute Gasteiger partial charge is 0.0326 e. The molecule has 0 N–H and O–H groups in total. The van der Waals surface area contributed by atoms with Crippen LogP contribution in [0.5, 0.6) is 0 Å². The molecule has 0 radical (unpaired) electrons. The molecule has 0 aromatic carbocycles. The van der Waals surface area contributed by atoms with E-state index in [9.17, 15) is 0 Å². The van der Waals surface area contributed by atoms with Gasteiger partial charge in [0.2, 0.25) is 0 Å². The van der Waals surface area contributed by atoms with Crippen molar-refractivity contribution >= 4 is 0 Å². The highest BCUT2D eigenvalue weighted by atomic mass is 14.0. The minimum absolute atomic E-state index is 1.21. The van der Waals surface area contributed by atoms with Crippen molar-refractivity contribution < 1.29 is 0 Å². The first-order valence-electron chi connectivity index (χ1n) is 5.03. The Kier molecular flexibility index (Phi) is 8.20. The van der Waals surface area contributed by atoms with Gasteiger partial charge in [-0.15, -0.1) is 6.58 Å². The summed E-state index contributed by atoms with van der Waals surface area (Å²) in [6.07, 6.45) is 12.3. The standard InChI is InChI=1S/C12H22/c1-4-5-6-7-8-9-10-11-12(2)3/h4-5H,2,6-11H2,1,3H3. The molecule has 0 atom stereocenters. The lowest BCUT2D eigenvalue weighted by Crippen LogP contribution is -1.79. The second-order valence-corrected chi connectivity index (χ2v) is 3.48. The second-order valence-electron chi connectivity index (χ2n) is 3.48. The van der Waals surface area contributed by atoms with Crippen molar-refractivity contribution in [1.82, 2.24) is 0 Å². The summed E-state index contributed by atoms with van der Waals surface area (Å²) >= 11 is 0. The van der Waals surface area contributed by atoms with E-state index in [2.05, 4.69) is 32.6 Å². The SMILES string of the molecule is C=C(C)CCCCCCC=CC. The first-order chi connectivity index (χ1) is 5.77. The maximum absolute atomic E-state index is 3.89. The average Bonchev–Trinajstić information content (AvgIpc) is 2.02. The highest BCUT2D eigenvalue weighted by molar-refractivity contribution is 4.87. The Balaban J connectivity index is 2.96. The van der Waals surface area contributed by atoms with Crippen LogP contribution in [0.1, 0.15) is 52.4 Å². The first kappa shape index (κ1) is 11.5. The van der Waals surface area contributed by atoms with E-state index >= 15 is 0 Å². The Morgan fingerprint density at radius 2 is 1.83 bits per heavy atom. The molecule has 0 aliphatic carbocycles. The van der Waals surface area contributed by atoms with Crippen molar-refractivity contribution in [2.24, 2.45) is 0 Å². The summed E-state index contributed by atoms with van der Waals surface area (Å²) in [5.41, 5.74) is 1.32. The fraction of sp³-hybridized carbons (Fsp3) is 0.667. The van der Waals surface area contributed by atoms with Crippen molar-refractivity contribution in [2.75, 3.05) is 0 Å². The molecule has 0 amide bonds. The fourth-order valence-corrected chi connectivity index (χ4v) is 1.21.